The molecular formula is C11H12BrNO2. The highest BCUT2D eigenvalue weighted by Crippen LogP contribution is 2.36. The summed E-state index contributed by atoms with van der Waals surface area (Å²) in [6.07, 6.45) is 0. The van der Waals surface area contributed by atoms with Gasteiger partial charge in [-0.25, -0.2) is 0 Å². The Hall–Kier alpha value is -1.00. The Labute approximate surface area is 96.4 Å². The number of rotatable bonds is 2. The van der Waals surface area contributed by atoms with Crippen molar-refractivity contribution in [1.29, 1.82) is 0 Å². The maximum Gasteiger partial charge on any atom is 0.129 e. The van der Waals surface area contributed by atoms with Crippen molar-refractivity contribution in [1.82, 2.24) is 4.57 Å². The summed E-state index contributed by atoms with van der Waals surface area (Å²) < 4.78 is 8.16. The zero-order valence-electron chi connectivity index (χ0n) is 8.62. The minimum atomic E-state index is 0.00885. The van der Waals surface area contributed by atoms with E-state index >= 15 is 0 Å². The van der Waals surface area contributed by atoms with Gasteiger partial charge in [-0.2, -0.15) is 0 Å². The molecule has 0 atom stereocenters. The molecule has 3 nitrogen and oxygen atoms in total. The van der Waals surface area contributed by atoms with Crippen molar-refractivity contribution in [2.24, 2.45) is 7.05 Å². The largest absolute Gasteiger partial charge is 0.496 e. The fourth-order valence-corrected chi connectivity index (χ4v) is 2.59. The zero-order chi connectivity index (χ0) is 11.0. The summed E-state index contributed by atoms with van der Waals surface area (Å²) in [4.78, 5) is 0. The molecular weight excluding hydrogens is 258 g/mol. The quantitative estimate of drug-likeness (QED) is 0.909. The van der Waals surface area contributed by atoms with Crippen molar-refractivity contribution in [3.63, 3.8) is 0 Å². The van der Waals surface area contributed by atoms with E-state index in [0.717, 1.165) is 26.8 Å². The number of aliphatic hydroxyl groups is 1. The van der Waals surface area contributed by atoms with Gasteiger partial charge >= 0.3 is 0 Å². The summed E-state index contributed by atoms with van der Waals surface area (Å²) in [6.45, 7) is 0.00885. The van der Waals surface area contributed by atoms with Crippen LogP contribution >= 0.6 is 15.9 Å². The number of nitrogens with zero attached hydrogens (tertiary/aromatic N) is 1. The molecule has 15 heavy (non-hydrogen) atoms. The van der Waals surface area contributed by atoms with Crippen LogP contribution in [0.15, 0.2) is 22.7 Å². The predicted molar refractivity (Wildman–Crippen MR) is 63.1 cm³/mol. The van der Waals surface area contributed by atoms with Crippen LogP contribution in [0.1, 0.15) is 5.69 Å². The number of ether oxygens (including phenoxy) is 1. The summed E-state index contributed by atoms with van der Waals surface area (Å²) >= 11 is 3.49. The van der Waals surface area contributed by atoms with E-state index in [2.05, 4.69) is 15.9 Å². The van der Waals surface area contributed by atoms with Crippen LogP contribution in [0.5, 0.6) is 5.75 Å². The molecule has 80 valence electrons. The third-order valence-corrected chi connectivity index (χ3v) is 3.47. The van der Waals surface area contributed by atoms with E-state index in [-0.39, 0.29) is 6.61 Å². The lowest BCUT2D eigenvalue weighted by Gasteiger charge is -2.02. The molecule has 1 N–H and O–H groups in total. The van der Waals surface area contributed by atoms with Crippen LogP contribution in [0.25, 0.3) is 10.9 Å². The lowest BCUT2D eigenvalue weighted by atomic mass is 10.2. The minimum Gasteiger partial charge on any atom is -0.496 e. The van der Waals surface area contributed by atoms with Crippen molar-refractivity contribution in [2.45, 2.75) is 6.61 Å². The summed E-state index contributed by atoms with van der Waals surface area (Å²) in [6, 6.07) is 5.85. The van der Waals surface area contributed by atoms with Crippen molar-refractivity contribution in [3.8, 4) is 5.75 Å². The smallest absolute Gasteiger partial charge is 0.129 e. The van der Waals surface area contributed by atoms with Gasteiger partial charge < -0.3 is 14.4 Å². The Morgan fingerprint density at radius 3 is 2.80 bits per heavy atom. The molecule has 0 bridgehead atoms. The van der Waals surface area contributed by atoms with E-state index in [4.69, 9.17) is 4.74 Å². The SMILES string of the molecule is COc1cccc2c1c(Br)c(CO)n2C. The fraction of sp³-hybridized carbons (Fsp3) is 0.273. The molecule has 2 aromatic rings. The maximum atomic E-state index is 9.27. The molecule has 0 spiro atoms. The molecule has 1 aromatic heterocycles. The molecule has 0 saturated carbocycles. The summed E-state index contributed by atoms with van der Waals surface area (Å²) in [7, 11) is 3.57. The highest BCUT2D eigenvalue weighted by Gasteiger charge is 2.15. The van der Waals surface area contributed by atoms with Gasteiger partial charge in [0.1, 0.15) is 5.75 Å². The van der Waals surface area contributed by atoms with E-state index in [1.807, 2.05) is 29.8 Å². The first kappa shape index (κ1) is 10.5. The lowest BCUT2D eigenvalue weighted by Crippen LogP contribution is -1.95. The van der Waals surface area contributed by atoms with Gasteiger partial charge in [0.15, 0.2) is 0 Å². The molecule has 0 radical (unpaired) electrons. The molecule has 0 aliphatic carbocycles. The molecule has 0 aliphatic rings. The number of aromatic nitrogens is 1. The Kier molecular flexibility index (Phi) is 2.71. The van der Waals surface area contributed by atoms with Crippen LogP contribution < -0.4 is 4.74 Å². The zero-order valence-corrected chi connectivity index (χ0v) is 10.2. The first-order valence-electron chi connectivity index (χ1n) is 4.61. The number of aryl methyl sites for hydroxylation is 1. The van der Waals surface area contributed by atoms with Crippen LogP contribution in [-0.4, -0.2) is 16.8 Å². The predicted octanol–water partition coefficient (Wildman–Crippen LogP) is 2.44. The number of halogens is 1. The number of benzene rings is 1. The highest BCUT2D eigenvalue weighted by molar-refractivity contribution is 9.10. The monoisotopic (exact) mass is 269 g/mol. The second-order valence-electron chi connectivity index (χ2n) is 3.33. The van der Waals surface area contributed by atoms with Crippen LogP contribution in [-0.2, 0) is 13.7 Å². The summed E-state index contributed by atoms with van der Waals surface area (Å²) in [5.41, 5.74) is 1.90. The molecule has 4 heteroatoms. The third-order valence-electron chi connectivity index (χ3n) is 2.61. The normalized spacial score (nSPS) is 10.9. The number of fused-ring (bicyclic) bond motifs is 1. The average molecular weight is 270 g/mol. The van der Waals surface area contributed by atoms with E-state index in [1.54, 1.807) is 7.11 Å². The van der Waals surface area contributed by atoms with Crippen molar-refractivity contribution < 1.29 is 9.84 Å². The van der Waals surface area contributed by atoms with Crippen LogP contribution in [0.4, 0.5) is 0 Å². The molecule has 0 aliphatic heterocycles. The van der Waals surface area contributed by atoms with Gasteiger partial charge in [-0.3, -0.25) is 0 Å². The average Bonchev–Trinajstić information content (AvgIpc) is 2.51. The van der Waals surface area contributed by atoms with Crippen molar-refractivity contribution in [3.05, 3.63) is 28.4 Å². The standard InChI is InChI=1S/C11H12BrNO2/c1-13-7-4-3-5-9(15-2)10(7)11(12)8(13)6-14/h3-5,14H,6H2,1-2H3. The van der Waals surface area contributed by atoms with E-state index in [9.17, 15) is 5.11 Å². The van der Waals surface area contributed by atoms with Gasteiger partial charge in [0.2, 0.25) is 0 Å². The fourth-order valence-electron chi connectivity index (χ4n) is 1.80. The molecule has 1 aromatic carbocycles. The third kappa shape index (κ3) is 1.44. The molecule has 1 heterocycles. The van der Waals surface area contributed by atoms with Crippen LogP contribution in [0.3, 0.4) is 0 Å². The Bertz CT molecular complexity index is 505. The van der Waals surface area contributed by atoms with Gasteiger partial charge in [0.25, 0.3) is 0 Å². The van der Waals surface area contributed by atoms with Gasteiger partial charge in [-0.05, 0) is 28.1 Å². The van der Waals surface area contributed by atoms with Crippen LogP contribution in [0.2, 0.25) is 0 Å². The number of hydrogen-bond acceptors (Lipinski definition) is 2. The van der Waals surface area contributed by atoms with Gasteiger partial charge in [0, 0.05) is 7.05 Å². The van der Waals surface area contributed by atoms with Crippen molar-refractivity contribution in [2.75, 3.05) is 7.11 Å². The van der Waals surface area contributed by atoms with Gasteiger partial charge in [0.05, 0.1) is 34.8 Å². The maximum absolute atomic E-state index is 9.27. The van der Waals surface area contributed by atoms with E-state index in [1.165, 1.54) is 0 Å². The number of aliphatic hydroxyl groups excluding tert-OH is 1. The first-order valence-corrected chi connectivity index (χ1v) is 5.40. The Morgan fingerprint density at radius 2 is 2.20 bits per heavy atom. The highest BCUT2D eigenvalue weighted by atomic mass is 79.9. The molecule has 0 fully saturated rings. The van der Waals surface area contributed by atoms with Crippen molar-refractivity contribution >= 4 is 26.8 Å². The Morgan fingerprint density at radius 1 is 1.47 bits per heavy atom. The van der Waals surface area contributed by atoms with Crippen LogP contribution in [0, 0.1) is 0 Å². The summed E-state index contributed by atoms with van der Waals surface area (Å²) in [5, 5.41) is 10.3. The van der Waals surface area contributed by atoms with E-state index in [0.29, 0.717) is 0 Å². The van der Waals surface area contributed by atoms with Gasteiger partial charge in [-0.1, -0.05) is 6.07 Å². The lowest BCUT2D eigenvalue weighted by molar-refractivity contribution is 0.272. The van der Waals surface area contributed by atoms with Gasteiger partial charge in [-0.15, -0.1) is 0 Å². The molecule has 0 unspecified atom stereocenters. The molecule has 2 rings (SSSR count). The Balaban J connectivity index is 2.88. The topological polar surface area (TPSA) is 34.4 Å². The number of methoxy groups -OCH3 is 1. The second-order valence-corrected chi connectivity index (χ2v) is 4.13. The first-order chi connectivity index (χ1) is 7.20. The molecule has 0 saturated heterocycles. The minimum absolute atomic E-state index is 0.00885. The van der Waals surface area contributed by atoms with E-state index < -0.39 is 0 Å². The summed E-state index contributed by atoms with van der Waals surface area (Å²) in [5.74, 6) is 0.815. The molecule has 0 amide bonds. The second kappa shape index (κ2) is 3.87. The number of hydrogen-bond donors (Lipinski definition) is 1.